The summed E-state index contributed by atoms with van der Waals surface area (Å²) in [6, 6.07) is 16.0. The Morgan fingerprint density at radius 2 is 1.77 bits per heavy atom. The molecule has 0 aliphatic carbocycles. The van der Waals surface area contributed by atoms with Crippen LogP contribution in [0.25, 0.3) is 5.65 Å². The molecule has 4 aromatic rings. The highest BCUT2D eigenvalue weighted by atomic mass is 16.5. The van der Waals surface area contributed by atoms with Crippen LogP contribution in [0.1, 0.15) is 23.1 Å². The standard InChI is InChI=1S/C22H19N5O3/c1-14-5-3-8-19(23-14)22(29)25-16-6-4-7-17(11-16)30-18-9-10-21-26-20(24-15(2)28)13-27(21)12-18/h3-13H,1-2H3,(H,24,28)(H,25,29). The summed E-state index contributed by atoms with van der Waals surface area (Å²) in [6.07, 6.45) is 3.46. The molecule has 150 valence electrons. The van der Waals surface area contributed by atoms with Crippen molar-refractivity contribution < 1.29 is 14.3 Å². The summed E-state index contributed by atoms with van der Waals surface area (Å²) in [5, 5.41) is 5.47. The molecule has 0 aliphatic rings. The molecule has 0 atom stereocenters. The maximum absolute atomic E-state index is 12.4. The first kappa shape index (κ1) is 19.1. The Morgan fingerprint density at radius 1 is 0.933 bits per heavy atom. The van der Waals surface area contributed by atoms with Gasteiger partial charge in [-0.15, -0.1) is 0 Å². The lowest BCUT2D eigenvalue weighted by Gasteiger charge is -2.09. The molecule has 0 saturated heterocycles. The molecule has 0 spiro atoms. The number of aromatic nitrogens is 3. The lowest BCUT2D eigenvalue weighted by Crippen LogP contribution is -2.13. The molecule has 0 fully saturated rings. The maximum atomic E-state index is 12.4. The molecule has 30 heavy (non-hydrogen) atoms. The third-order valence-electron chi connectivity index (χ3n) is 4.18. The highest BCUT2D eigenvalue weighted by Crippen LogP contribution is 2.25. The van der Waals surface area contributed by atoms with Crippen LogP contribution in [0, 0.1) is 6.92 Å². The third kappa shape index (κ3) is 4.44. The van der Waals surface area contributed by atoms with Gasteiger partial charge in [-0.05, 0) is 43.3 Å². The number of benzene rings is 1. The van der Waals surface area contributed by atoms with Crippen molar-refractivity contribution in [3.8, 4) is 11.5 Å². The van der Waals surface area contributed by atoms with Gasteiger partial charge in [-0.3, -0.25) is 9.59 Å². The third-order valence-corrected chi connectivity index (χ3v) is 4.18. The van der Waals surface area contributed by atoms with Crippen molar-refractivity contribution in [3.63, 3.8) is 0 Å². The molecule has 3 aromatic heterocycles. The zero-order valence-electron chi connectivity index (χ0n) is 16.4. The van der Waals surface area contributed by atoms with Gasteiger partial charge in [0.2, 0.25) is 5.91 Å². The monoisotopic (exact) mass is 401 g/mol. The van der Waals surface area contributed by atoms with Crippen LogP contribution in [0.4, 0.5) is 11.5 Å². The smallest absolute Gasteiger partial charge is 0.274 e. The average Bonchev–Trinajstić information content (AvgIpc) is 3.09. The Balaban J connectivity index is 1.50. The molecule has 8 heteroatoms. The summed E-state index contributed by atoms with van der Waals surface area (Å²) in [5.41, 5.74) is 2.40. The second-order valence-corrected chi connectivity index (χ2v) is 6.69. The second-order valence-electron chi connectivity index (χ2n) is 6.69. The molecule has 8 nitrogen and oxygen atoms in total. The Morgan fingerprint density at radius 3 is 2.57 bits per heavy atom. The molecular weight excluding hydrogens is 382 g/mol. The van der Waals surface area contributed by atoms with Gasteiger partial charge < -0.3 is 19.8 Å². The van der Waals surface area contributed by atoms with E-state index in [0.717, 1.165) is 5.69 Å². The molecular formula is C22H19N5O3. The van der Waals surface area contributed by atoms with Gasteiger partial charge in [0, 0.05) is 24.4 Å². The zero-order valence-corrected chi connectivity index (χ0v) is 16.4. The van der Waals surface area contributed by atoms with Gasteiger partial charge in [0.15, 0.2) is 5.82 Å². The van der Waals surface area contributed by atoms with E-state index >= 15 is 0 Å². The van der Waals surface area contributed by atoms with E-state index in [1.807, 2.05) is 13.0 Å². The minimum atomic E-state index is -0.291. The van der Waals surface area contributed by atoms with E-state index in [1.54, 1.807) is 65.3 Å². The minimum Gasteiger partial charge on any atom is -0.456 e. The van der Waals surface area contributed by atoms with Crippen LogP contribution in [0.5, 0.6) is 11.5 Å². The number of ether oxygens (including phenoxy) is 1. The number of aryl methyl sites for hydroxylation is 1. The van der Waals surface area contributed by atoms with E-state index in [2.05, 4.69) is 20.6 Å². The summed E-state index contributed by atoms with van der Waals surface area (Å²) in [5.74, 6) is 1.13. The van der Waals surface area contributed by atoms with E-state index in [1.165, 1.54) is 6.92 Å². The van der Waals surface area contributed by atoms with Crippen molar-refractivity contribution in [2.24, 2.45) is 0 Å². The average molecular weight is 401 g/mol. The lowest BCUT2D eigenvalue weighted by atomic mass is 10.2. The minimum absolute atomic E-state index is 0.186. The SMILES string of the molecule is CC(=O)Nc1cn2cc(Oc3cccc(NC(=O)c4cccc(C)n4)c3)ccc2n1. The first-order valence-electron chi connectivity index (χ1n) is 9.25. The maximum Gasteiger partial charge on any atom is 0.274 e. The fourth-order valence-corrected chi connectivity index (χ4v) is 2.91. The van der Waals surface area contributed by atoms with Gasteiger partial charge in [-0.2, -0.15) is 0 Å². The number of carbonyl (C=O) groups excluding carboxylic acids is 2. The van der Waals surface area contributed by atoms with Crippen LogP contribution in [0.15, 0.2) is 67.0 Å². The molecule has 1 aromatic carbocycles. The van der Waals surface area contributed by atoms with Crippen molar-refractivity contribution in [2.45, 2.75) is 13.8 Å². The Hall–Kier alpha value is -4.20. The van der Waals surface area contributed by atoms with Crippen LogP contribution < -0.4 is 15.4 Å². The second kappa shape index (κ2) is 8.04. The first-order valence-corrected chi connectivity index (χ1v) is 9.25. The number of hydrogen-bond acceptors (Lipinski definition) is 5. The van der Waals surface area contributed by atoms with Crippen molar-refractivity contribution in [1.29, 1.82) is 0 Å². The Bertz CT molecular complexity index is 1250. The fraction of sp³-hybridized carbons (Fsp3) is 0.0909. The van der Waals surface area contributed by atoms with Crippen LogP contribution in [0.3, 0.4) is 0 Å². The first-order chi connectivity index (χ1) is 14.5. The summed E-state index contributed by atoms with van der Waals surface area (Å²) < 4.78 is 7.68. The van der Waals surface area contributed by atoms with Crippen molar-refractivity contribution in [3.05, 3.63) is 78.4 Å². The van der Waals surface area contributed by atoms with E-state index in [4.69, 9.17) is 4.74 Å². The number of anilines is 2. The fourth-order valence-electron chi connectivity index (χ4n) is 2.91. The van der Waals surface area contributed by atoms with E-state index in [-0.39, 0.29) is 11.8 Å². The van der Waals surface area contributed by atoms with Gasteiger partial charge in [0.25, 0.3) is 5.91 Å². The van der Waals surface area contributed by atoms with Gasteiger partial charge in [0.05, 0.1) is 12.4 Å². The van der Waals surface area contributed by atoms with E-state index in [9.17, 15) is 9.59 Å². The summed E-state index contributed by atoms with van der Waals surface area (Å²) >= 11 is 0. The predicted octanol–water partition coefficient (Wildman–Crippen LogP) is 4.04. The zero-order chi connectivity index (χ0) is 21.1. The number of imidazole rings is 1. The molecule has 4 rings (SSSR count). The lowest BCUT2D eigenvalue weighted by molar-refractivity contribution is -0.114. The highest BCUT2D eigenvalue weighted by molar-refractivity contribution is 6.02. The van der Waals surface area contributed by atoms with Crippen molar-refractivity contribution in [2.75, 3.05) is 10.6 Å². The van der Waals surface area contributed by atoms with Crippen LogP contribution in [-0.4, -0.2) is 26.2 Å². The summed E-state index contributed by atoms with van der Waals surface area (Å²) in [7, 11) is 0. The topological polar surface area (TPSA) is 97.6 Å². The molecule has 3 heterocycles. The van der Waals surface area contributed by atoms with Crippen LogP contribution >= 0.6 is 0 Å². The number of hydrogen-bond donors (Lipinski definition) is 2. The Labute approximate surface area is 172 Å². The normalized spacial score (nSPS) is 10.6. The van der Waals surface area contributed by atoms with Crippen molar-refractivity contribution >= 4 is 29.0 Å². The molecule has 2 amide bonds. The summed E-state index contributed by atoms with van der Waals surface area (Å²) in [6.45, 7) is 3.26. The number of nitrogens with zero attached hydrogens (tertiary/aromatic N) is 3. The molecule has 0 saturated carbocycles. The number of nitrogens with one attached hydrogen (secondary N) is 2. The van der Waals surface area contributed by atoms with Crippen molar-refractivity contribution in [1.82, 2.24) is 14.4 Å². The number of pyridine rings is 2. The largest absolute Gasteiger partial charge is 0.456 e. The molecule has 2 N–H and O–H groups in total. The molecule has 0 radical (unpaired) electrons. The van der Waals surface area contributed by atoms with Crippen LogP contribution in [-0.2, 0) is 4.79 Å². The van der Waals surface area contributed by atoms with E-state index in [0.29, 0.717) is 34.3 Å². The predicted molar refractivity (Wildman–Crippen MR) is 113 cm³/mol. The quantitative estimate of drug-likeness (QED) is 0.526. The summed E-state index contributed by atoms with van der Waals surface area (Å²) in [4.78, 5) is 32.1. The molecule has 0 bridgehead atoms. The molecule has 0 aliphatic heterocycles. The van der Waals surface area contributed by atoms with Crippen LogP contribution in [0.2, 0.25) is 0 Å². The Kier molecular flexibility index (Phi) is 5.13. The number of amides is 2. The van der Waals surface area contributed by atoms with Gasteiger partial charge in [-0.1, -0.05) is 12.1 Å². The number of carbonyl (C=O) groups is 2. The number of fused-ring (bicyclic) bond motifs is 1. The number of rotatable bonds is 5. The molecule has 0 unspecified atom stereocenters. The van der Waals surface area contributed by atoms with E-state index < -0.39 is 0 Å². The van der Waals surface area contributed by atoms with Gasteiger partial charge in [-0.25, -0.2) is 9.97 Å². The van der Waals surface area contributed by atoms with Gasteiger partial charge >= 0.3 is 0 Å². The van der Waals surface area contributed by atoms with Gasteiger partial charge in [0.1, 0.15) is 22.8 Å². The highest BCUT2D eigenvalue weighted by Gasteiger charge is 2.09.